The topological polar surface area (TPSA) is 81.1 Å². The molecule has 0 saturated carbocycles. The molecule has 0 rings (SSSR count). The summed E-state index contributed by atoms with van der Waals surface area (Å²) in [7, 11) is 0. The Kier molecular flexibility index (Phi) is 5.78. The smallest absolute Gasteiger partial charge is 0.234 e. The van der Waals surface area contributed by atoms with Crippen molar-refractivity contribution >= 4 is 5.91 Å². The van der Waals surface area contributed by atoms with Crippen LogP contribution in [0.5, 0.6) is 0 Å². The third-order valence-corrected chi connectivity index (χ3v) is 1.49. The van der Waals surface area contributed by atoms with Crippen molar-refractivity contribution in [2.45, 2.75) is 25.8 Å². The van der Waals surface area contributed by atoms with Crippen LogP contribution in [-0.2, 0) is 4.79 Å². The monoisotopic (exact) mass is 159 g/mol. The van der Waals surface area contributed by atoms with Crippen molar-refractivity contribution in [3.8, 4) is 0 Å². The van der Waals surface area contributed by atoms with Crippen LogP contribution in [0.3, 0.4) is 0 Å². The van der Waals surface area contributed by atoms with Crippen molar-refractivity contribution in [3.63, 3.8) is 0 Å². The Balaban J connectivity index is 3.60. The molecule has 0 heterocycles. The Bertz CT molecular complexity index is 116. The number of hydrogen-bond donors (Lipinski definition) is 3. The minimum atomic E-state index is -0.291. The Labute approximate surface area is 67.3 Å². The number of rotatable bonds is 6. The lowest BCUT2D eigenvalue weighted by atomic mass is 10.1. The lowest BCUT2D eigenvalue weighted by Crippen LogP contribution is -2.41. The first kappa shape index (κ1) is 10.4. The van der Waals surface area contributed by atoms with Gasteiger partial charge in [0, 0.05) is 0 Å². The van der Waals surface area contributed by atoms with Gasteiger partial charge in [0.25, 0.3) is 0 Å². The van der Waals surface area contributed by atoms with Gasteiger partial charge in [-0.05, 0) is 25.9 Å². The van der Waals surface area contributed by atoms with E-state index >= 15 is 0 Å². The molecule has 0 aromatic heterocycles. The molecule has 0 bridgehead atoms. The zero-order valence-electron chi connectivity index (χ0n) is 6.97. The summed E-state index contributed by atoms with van der Waals surface area (Å²) in [5.41, 5.74) is 10.4. The van der Waals surface area contributed by atoms with Crippen molar-refractivity contribution in [2.75, 3.05) is 13.1 Å². The molecule has 5 N–H and O–H groups in total. The Morgan fingerprint density at radius 1 is 1.64 bits per heavy atom. The highest BCUT2D eigenvalue weighted by atomic mass is 16.1. The van der Waals surface area contributed by atoms with Gasteiger partial charge in [-0.1, -0.05) is 6.92 Å². The van der Waals surface area contributed by atoms with Crippen LogP contribution >= 0.6 is 0 Å². The molecule has 0 aliphatic carbocycles. The molecule has 1 atom stereocenters. The molecule has 0 aromatic rings. The van der Waals surface area contributed by atoms with Crippen LogP contribution in [0.25, 0.3) is 0 Å². The van der Waals surface area contributed by atoms with Crippen LogP contribution in [0.4, 0.5) is 0 Å². The van der Waals surface area contributed by atoms with E-state index in [1.165, 1.54) is 0 Å². The second kappa shape index (κ2) is 6.12. The van der Waals surface area contributed by atoms with Crippen LogP contribution in [0, 0.1) is 0 Å². The molecular formula is C7H17N3O. The Morgan fingerprint density at radius 3 is 2.64 bits per heavy atom. The predicted molar refractivity (Wildman–Crippen MR) is 44.9 cm³/mol. The van der Waals surface area contributed by atoms with Crippen molar-refractivity contribution in [1.82, 2.24) is 5.32 Å². The summed E-state index contributed by atoms with van der Waals surface area (Å²) in [6, 6.07) is -0.205. The molecule has 0 fully saturated rings. The number of nitrogens with one attached hydrogen (secondary N) is 1. The first-order valence-corrected chi connectivity index (χ1v) is 3.95. The summed E-state index contributed by atoms with van der Waals surface area (Å²) in [5, 5.41) is 2.99. The largest absolute Gasteiger partial charge is 0.368 e. The molecule has 0 aliphatic rings. The van der Waals surface area contributed by atoms with Gasteiger partial charge in [-0.2, -0.15) is 0 Å². The number of nitrogens with two attached hydrogens (primary N) is 2. The van der Waals surface area contributed by atoms with Gasteiger partial charge in [0.15, 0.2) is 0 Å². The first-order chi connectivity index (χ1) is 5.22. The molecule has 0 radical (unpaired) electrons. The first-order valence-electron chi connectivity index (χ1n) is 3.95. The fourth-order valence-electron chi connectivity index (χ4n) is 0.913. The molecule has 1 unspecified atom stereocenters. The predicted octanol–water partition coefficient (Wildman–Crippen LogP) is -0.811. The van der Waals surface area contributed by atoms with E-state index in [0.29, 0.717) is 6.54 Å². The fraction of sp³-hybridized carbons (Fsp3) is 0.857. The van der Waals surface area contributed by atoms with Gasteiger partial charge in [0.05, 0.1) is 6.04 Å². The van der Waals surface area contributed by atoms with Crippen LogP contribution in [-0.4, -0.2) is 25.0 Å². The molecule has 4 heteroatoms. The van der Waals surface area contributed by atoms with Gasteiger partial charge >= 0.3 is 0 Å². The highest BCUT2D eigenvalue weighted by Crippen LogP contribution is 1.94. The normalized spacial score (nSPS) is 12.9. The van der Waals surface area contributed by atoms with Gasteiger partial charge < -0.3 is 16.8 Å². The molecule has 0 saturated heterocycles. The SMILES string of the molecule is CCNC(CCCN)C(N)=O. The Morgan fingerprint density at radius 2 is 2.27 bits per heavy atom. The zero-order valence-corrected chi connectivity index (χ0v) is 6.97. The van der Waals surface area contributed by atoms with Gasteiger partial charge in [-0.25, -0.2) is 0 Å². The standard InChI is InChI=1S/C7H17N3O/c1-2-10-6(7(9)11)4-3-5-8/h6,10H,2-5,8H2,1H3,(H2,9,11). The summed E-state index contributed by atoms with van der Waals surface area (Å²) in [6.45, 7) is 3.31. The summed E-state index contributed by atoms with van der Waals surface area (Å²) in [5.74, 6) is -0.291. The lowest BCUT2D eigenvalue weighted by molar-refractivity contribution is -0.120. The maximum atomic E-state index is 10.7. The van der Waals surface area contributed by atoms with E-state index in [1.807, 2.05) is 6.92 Å². The molecular weight excluding hydrogens is 142 g/mol. The zero-order chi connectivity index (χ0) is 8.69. The van der Waals surface area contributed by atoms with Gasteiger partial charge in [-0.3, -0.25) is 4.79 Å². The average Bonchev–Trinajstić information content (AvgIpc) is 1.97. The third kappa shape index (κ3) is 4.75. The van der Waals surface area contributed by atoms with E-state index in [0.717, 1.165) is 19.4 Å². The van der Waals surface area contributed by atoms with Crippen LogP contribution in [0.2, 0.25) is 0 Å². The van der Waals surface area contributed by atoms with E-state index in [1.54, 1.807) is 0 Å². The van der Waals surface area contributed by atoms with E-state index in [9.17, 15) is 4.79 Å². The second-order valence-corrected chi connectivity index (χ2v) is 2.44. The van der Waals surface area contributed by atoms with Crippen LogP contribution in [0.15, 0.2) is 0 Å². The summed E-state index contributed by atoms with van der Waals surface area (Å²) < 4.78 is 0. The number of carbonyl (C=O) groups is 1. The molecule has 0 aliphatic heterocycles. The van der Waals surface area contributed by atoms with E-state index in [-0.39, 0.29) is 11.9 Å². The highest BCUT2D eigenvalue weighted by molar-refractivity contribution is 5.79. The van der Waals surface area contributed by atoms with Crippen molar-refractivity contribution in [3.05, 3.63) is 0 Å². The number of likely N-dealkylation sites (N-methyl/N-ethyl adjacent to an activating group) is 1. The van der Waals surface area contributed by atoms with Gasteiger partial charge in [-0.15, -0.1) is 0 Å². The molecule has 66 valence electrons. The molecule has 0 spiro atoms. The molecule has 1 amide bonds. The molecule has 0 aromatic carbocycles. The summed E-state index contributed by atoms with van der Waals surface area (Å²) in [6.07, 6.45) is 1.57. The Hall–Kier alpha value is -0.610. The van der Waals surface area contributed by atoms with Crippen molar-refractivity contribution in [2.24, 2.45) is 11.5 Å². The molecule has 4 nitrogen and oxygen atoms in total. The van der Waals surface area contributed by atoms with E-state index < -0.39 is 0 Å². The number of primary amides is 1. The van der Waals surface area contributed by atoms with Gasteiger partial charge in [0.1, 0.15) is 0 Å². The average molecular weight is 159 g/mol. The summed E-state index contributed by atoms with van der Waals surface area (Å²) >= 11 is 0. The lowest BCUT2D eigenvalue weighted by Gasteiger charge is -2.12. The summed E-state index contributed by atoms with van der Waals surface area (Å²) in [4.78, 5) is 10.7. The van der Waals surface area contributed by atoms with Crippen molar-refractivity contribution in [1.29, 1.82) is 0 Å². The number of carbonyl (C=O) groups excluding carboxylic acids is 1. The second-order valence-electron chi connectivity index (χ2n) is 2.44. The van der Waals surface area contributed by atoms with Gasteiger partial charge in [0.2, 0.25) is 5.91 Å². The van der Waals surface area contributed by atoms with E-state index in [2.05, 4.69) is 5.32 Å². The highest BCUT2D eigenvalue weighted by Gasteiger charge is 2.11. The minimum absolute atomic E-state index is 0.205. The van der Waals surface area contributed by atoms with Crippen LogP contribution in [0.1, 0.15) is 19.8 Å². The maximum Gasteiger partial charge on any atom is 0.234 e. The van der Waals surface area contributed by atoms with Crippen LogP contribution < -0.4 is 16.8 Å². The third-order valence-electron chi connectivity index (χ3n) is 1.49. The minimum Gasteiger partial charge on any atom is -0.368 e. The molecule has 11 heavy (non-hydrogen) atoms. The number of amides is 1. The van der Waals surface area contributed by atoms with E-state index in [4.69, 9.17) is 11.5 Å². The number of hydrogen-bond acceptors (Lipinski definition) is 3. The van der Waals surface area contributed by atoms with Crippen molar-refractivity contribution < 1.29 is 4.79 Å². The maximum absolute atomic E-state index is 10.7. The fourth-order valence-corrected chi connectivity index (χ4v) is 0.913. The quantitative estimate of drug-likeness (QED) is 0.474.